The van der Waals surface area contributed by atoms with Gasteiger partial charge in [-0.3, -0.25) is 0 Å². The average Bonchev–Trinajstić information content (AvgIpc) is 3.18. The third-order valence-corrected chi connectivity index (χ3v) is 5.07. The van der Waals surface area contributed by atoms with Gasteiger partial charge in [0.25, 0.3) is 0 Å². The monoisotopic (exact) mass is 328 g/mol. The van der Waals surface area contributed by atoms with Crippen molar-refractivity contribution < 1.29 is 4.42 Å². The molecule has 0 fully saturated rings. The minimum Gasteiger partial charge on any atom is -0.462 e. The van der Waals surface area contributed by atoms with Gasteiger partial charge in [-0.1, -0.05) is 48.4 Å². The molecule has 0 bridgehead atoms. The van der Waals surface area contributed by atoms with Crippen LogP contribution in [0.1, 0.15) is 46.3 Å². The van der Waals surface area contributed by atoms with Crippen LogP contribution in [0.25, 0.3) is 22.8 Å². The highest BCUT2D eigenvalue weighted by atomic mass is 16.3. The summed E-state index contributed by atoms with van der Waals surface area (Å²) in [7, 11) is 0. The highest BCUT2D eigenvalue weighted by molar-refractivity contribution is 5.94. The topological polar surface area (TPSA) is 13.1 Å². The third-order valence-electron chi connectivity index (χ3n) is 5.07. The Morgan fingerprint density at radius 3 is 2.32 bits per heavy atom. The molecule has 0 saturated heterocycles. The number of rotatable bonds is 3. The van der Waals surface area contributed by atoms with E-state index in [1.54, 1.807) is 0 Å². The first-order chi connectivity index (χ1) is 12.0. The summed E-state index contributed by atoms with van der Waals surface area (Å²) in [5, 5.41) is 0. The van der Waals surface area contributed by atoms with Crippen LogP contribution in [0.15, 0.2) is 46.9 Å². The minimum absolute atomic E-state index is 0.948. The Balaban J connectivity index is 1.91. The molecule has 3 aromatic rings. The number of allylic oxidation sites excluding steroid dienone is 1. The molecule has 1 aromatic heterocycles. The van der Waals surface area contributed by atoms with E-state index in [9.17, 15) is 0 Å². The van der Waals surface area contributed by atoms with E-state index in [1.807, 2.05) is 13.0 Å². The van der Waals surface area contributed by atoms with Gasteiger partial charge in [0.15, 0.2) is 0 Å². The summed E-state index contributed by atoms with van der Waals surface area (Å²) < 4.78 is 5.87. The first kappa shape index (κ1) is 16.0. The zero-order valence-corrected chi connectivity index (χ0v) is 15.4. The van der Waals surface area contributed by atoms with Gasteiger partial charge < -0.3 is 4.42 Å². The molecule has 1 aliphatic carbocycles. The van der Waals surface area contributed by atoms with Gasteiger partial charge in [0.1, 0.15) is 11.5 Å². The van der Waals surface area contributed by atoms with Crippen LogP contribution < -0.4 is 0 Å². The molecule has 0 atom stereocenters. The van der Waals surface area contributed by atoms with Gasteiger partial charge in [0.05, 0.1) is 0 Å². The fourth-order valence-corrected chi connectivity index (χ4v) is 3.98. The predicted octanol–water partition coefficient (Wildman–Crippen LogP) is 6.53. The lowest BCUT2D eigenvalue weighted by atomic mass is 9.89. The van der Waals surface area contributed by atoms with Crippen LogP contribution >= 0.6 is 0 Å². The van der Waals surface area contributed by atoms with Crippen LogP contribution in [-0.2, 0) is 12.8 Å². The Labute approximate surface area is 150 Å². The van der Waals surface area contributed by atoms with Gasteiger partial charge in [-0.2, -0.15) is 0 Å². The van der Waals surface area contributed by atoms with E-state index >= 15 is 0 Å². The van der Waals surface area contributed by atoms with Crippen LogP contribution in [0.4, 0.5) is 0 Å². The molecule has 1 aliphatic rings. The standard InChI is InChI=1S/C24H24O/c1-5-18-7-8-19-13-20(23-9-6-17(4)25-23)14-22(19)24(18)21-11-15(2)10-16(3)12-21/h6-12,14H,5,13H2,1-4H3. The fraction of sp³-hybridized carbons (Fsp3) is 0.250. The van der Waals surface area contributed by atoms with Crippen LogP contribution in [0, 0.1) is 20.8 Å². The summed E-state index contributed by atoms with van der Waals surface area (Å²) in [5.41, 5.74) is 10.8. The van der Waals surface area contributed by atoms with Gasteiger partial charge in [-0.05, 0) is 78.8 Å². The Hall–Kier alpha value is -2.54. The maximum Gasteiger partial charge on any atom is 0.130 e. The average molecular weight is 328 g/mol. The molecule has 0 spiro atoms. The van der Waals surface area contributed by atoms with Crippen LogP contribution in [0.3, 0.4) is 0 Å². The van der Waals surface area contributed by atoms with Crippen molar-refractivity contribution >= 4 is 11.6 Å². The van der Waals surface area contributed by atoms with Crippen molar-refractivity contribution in [2.45, 2.75) is 40.5 Å². The van der Waals surface area contributed by atoms with Crippen molar-refractivity contribution in [2.24, 2.45) is 0 Å². The van der Waals surface area contributed by atoms with Crippen molar-refractivity contribution in [3.8, 4) is 11.1 Å². The molecule has 0 aliphatic heterocycles. The Morgan fingerprint density at radius 2 is 1.68 bits per heavy atom. The number of hydrogen-bond acceptors (Lipinski definition) is 1. The lowest BCUT2D eigenvalue weighted by Gasteiger charge is -2.15. The predicted molar refractivity (Wildman–Crippen MR) is 106 cm³/mol. The molecule has 1 heterocycles. The van der Waals surface area contributed by atoms with Crippen molar-refractivity contribution in [1.29, 1.82) is 0 Å². The molecule has 4 rings (SSSR count). The molecule has 0 amide bonds. The van der Waals surface area contributed by atoms with Gasteiger partial charge in [0, 0.05) is 6.42 Å². The molecule has 126 valence electrons. The highest BCUT2D eigenvalue weighted by Gasteiger charge is 2.21. The fourth-order valence-electron chi connectivity index (χ4n) is 3.98. The number of aryl methyl sites for hydroxylation is 4. The van der Waals surface area contributed by atoms with Gasteiger partial charge in [-0.25, -0.2) is 0 Å². The molecule has 0 saturated carbocycles. The zero-order valence-electron chi connectivity index (χ0n) is 15.4. The summed E-state index contributed by atoms with van der Waals surface area (Å²) >= 11 is 0. The van der Waals surface area contributed by atoms with Crippen molar-refractivity contribution in [3.05, 3.63) is 81.8 Å². The normalized spacial score (nSPS) is 13.0. The molecular formula is C24H24O. The van der Waals surface area contributed by atoms with E-state index in [0.29, 0.717) is 0 Å². The second kappa shape index (κ2) is 6.07. The number of fused-ring (bicyclic) bond motifs is 1. The smallest absolute Gasteiger partial charge is 0.130 e. The molecule has 2 aromatic carbocycles. The number of furan rings is 1. The molecule has 25 heavy (non-hydrogen) atoms. The molecule has 0 unspecified atom stereocenters. The van der Waals surface area contributed by atoms with Crippen LogP contribution in [-0.4, -0.2) is 0 Å². The van der Waals surface area contributed by atoms with E-state index in [4.69, 9.17) is 4.42 Å². The lowest BCUT2D eigenvalue weighted by molar-refractivity contribution is 0.521. The van der Waals surface area contributed by atoms with E-state index in [2.05, 4.69) is 63.2 Å². The second-order valence-corrected chi connectivity index (χ2v) is 7.16. The molecule has 1 nitrogen and oxygen atoms in total. The summed E-state index contributed by atoms with van der Waals surface area (Å²) in [6.07, 6.45) is 4.32. The highest BCUT2D eigenvalue weighted by Crippen LogP contribution is 2.40. The summed E-state index contributed by atoms with van der Waals surface area (Å²) in [5.74, 6) is 1.97. The third kappa shape index (κ3) is 2.84. The first-order valence-electron chi connectivity index (χ1n) is 9.06. The summed E-state index contributed by atoms with van der Waals surface area (Å²) in [6.45, 7) is 8.60. The van der Waals surface area contributed by atoms with Gasteiger partial charge in [0.2, 0.25) is 0 Å². The summed E-state index contributed by atoms with van der Waals surface area (Å²) in [6, 6.07) is 15.6. The largest absolute Gasteiger partial charge is 0.462 e. The van der Waals surface area contributed by atoms with Crippen LogP contribution in [0.2, 0.25) is 0 Å². The van der Waals surface area contributed by atoms with E-state index in [0.717, 1.165) is 24.4 Å². The van der Waals surface area contributed by atoms with Crippen molar-refractivity contribution in [2.75, 3.05) is 0 Å². The van der Waals surface area contributed by atoms with E-state index in [-0.39, 0.29) is 0 Å². The number of hydrogen-bond donors (Lipinski definition) is 0. The van der Waals surface area contributed by atoms with E-state index in [1.165, 1.54) is 44.5 Å². The van der Waals surface area contributed by atoms with Gasteiger partial charge >= 0.3 is 0 Å². The quantitative estimate of drug-likeness (QED) is 0.532. The summed E-state index contributed by atoms with van der Waals surface area (Å²) in [4.78, 5) is 0. The molecule has 1 heteroatoms. The Kier molecular flexibility index (Phi) is 3.88. The van der Waals surface area contributed by atoms with Crippen molar-refractivity contribution in [3.63, 3.8) is 0 Å². The molecule has 0 N–H and O–H groups in total. The first-order valence-corrected chi connectivity index (χ1v) is 9.06. The van der Waals surface area contributed by atoms with Crippen LogP contribution in [0.5, 0.6) is 0 Å². The van der Waals surface area contributed by atoms with Gasteiger partial charge in [-0.15, -0.1) is 0 Å². The molecular weight excluding hydrogens is 304 g/mol. The zero-order chi connectivity index (χ0) is 17.6. The maximum absolute atomic E-state index is 5.87. The minimum atomic E-state index is 0.948. The number of benzene rings is 2. The van der Waals surface area contributed by atoms with E-state index < -0.39 is 0 Å². The van der Waals surface area contributed by atoms with Crippen molar-refractivity contribution in [1.82, 2.24) is 0 Å². The molecule has 0 radical (unpaired) electrons. The SMILES string of the molecule is CCc1ccc2c(c1-c1cc(C)cc(C)c1)C=C(c1ccc(C)o1)C2. The maximum atomic E-state index is 5.87. The Morgan fingerprint density at radius 1 is 0.920 bits per heavy atom. The Bertz CT molecular complexity index is 965. The lowest BCUT2D eigenvalue weighted by Crippen LogP contribution is -1.95. The second-order valence-electron chi connectivity index (χ2n) is 7.16.